The van der Waals surface area contributed by atoms with Gasteiger partial charge in [-0.15, -0.1) is 0 Å². The lowest BCUT2D eigenvalue weighted by Gasteiger charge is -2.35. The van der Waals surface area contributed by atoms with Crippen molar-refractivity contribution in [2.45, 2.75) is 80.3 Å². The number of hydrogen-bond acceptors (Lipinski definition) is 17. The monoisotopic (exact) mass is 992 g/mol. The molecule has 23 nitrogen and oxygen atoms in total. The summed E-state index contributed by atoms with van der Waals surface area (Å²) in [5.74, 6) is -0.363. The Morgan fingerprint density at radius 2 is 1.01 bits per heavy atom. The highest BCUT2D eigenvalue weighted by Crippen LogP contribution is 2.42. The van der Waals surface area contributed by atoms with Crippen LogP contribution in [-0.2, 0) is 0 Å². The molecule has 2 aliphatic heterocycles. The van der Waals surface area contributed by atoms with Gasteiger partial charge in [0.1, 0.15) is 49.1 Å². The van der Waals surface area contributed by atoms with Crippen LogP contribution in [0.1, 0.15) is 105 Å². The minimum atomic E-state index is -1.41. The molecule has 4 N–H and O–H groups in total. The van der Waals surface area contributed by atoms with E-state index in [0.717, 1.165) is 16.6 Å². The molecule has 0 radical (unpaired) electrons. The zero-order valence-corrected chi connectivity index (χ0v) is 42.1. The number of nitro groups is 2. The number of fused-ring (bicyclic) bond motifs is 2. The first-order chi connectivity index (χ1) is 33.2. The minimum absolute atomic E-state index is 0.0967. The largest absolute Gasteiger partial charge is 0.496 e. The SMILES string of the molecule is COc1cc(C(=O)N(NC(=O)c2ccc3c(c2C)OCCO3)C(C)(C)C)c([N+](=O)[O-])c(OC)c1C.COc1cc(C(=O)O)c([N+](=O)[O-])c(OC)c1C.Cc1c(C(=O)NNC(C)(C)C)ccc2c1OCCO2. The second-order valence-corrected chi connectivity index (χ2v) is 17.7. The van der Waals surface area contributed by atoms with Crippen LogP contribution in [0.15, 0.2) is 36.4 Å². The summed E-state index contributed by atoms with van der Waals surface area (Å²) in [5, 5.41) is 32.8. The zero-order chi connectivity index (χ0) is 53.3. The van der Waals surface area contributed by atoms with Crippen molar-refractivity contribution in [3.63, 3.8) is 0 Å². The summed E-state index contributed by atoms with van der Waals surface area (Å²) in [6, 6.07) is 9.11. The minimum Gasteiger partial charge on any atom is -0.496 e. The van der Waals surface area contributed by atoms with Crippen molar-refractivity contribution in [2.24, 2.45) is 0 Å². The van der Waals surface area contributed by atoms with Crippen LogP contribution in [0.5, 0.6) is 46.0 Å². The number of methoxy groups -OCH3 is 4. The number of nitrogens with one attached hydrogen (secondary N) is 3. The van der Waals surface area contributed by atoms with Crippen molar-refractivity contribution in [3.8, 4) is 46.0 Å². The first kappa shape index (κ1) is 55.5. The van der Waals surface area contributed by atoms with Crippen molar-refractivity contribution in [1.29, 1.82) is 0 Å². The maximum Gasteiger partial charge on any atom is 0.343 e. The molecule has 0 atom stereocenters. The third kappa shape index (κ3) is 12.8. The normalized spacial score (nSPS) is 12.3. The zero-order valence-electron chi connectivity index (χ0n) is 42.1. The van der Waals surface area contributed by atoms with E-state index in [1.807, 2.05) is 27.7 Å². The first-order valence-electron chi connectivity index (χ1n) is 21.8. The van der Waals surface area contributed by atoms with Crippen LogP contribution in [0.3, 0.4) is 0 Å². The Bertz CT molecular complexity index is 2710. The van der Waals surface area contributed by atoms with E-state index in [-0.39, 0.29) is 45.6 Å². The third-order valence-electron chi connectivity index (χ3n) is 10.6. The van der Waals surface area contributed by atoms with E-state index in [9.17, 15) is 39.4 Å². The molecule has 0 saturated heterocycles. The van der Waals surface area contributed by atoms with E-state index >= 15 is 0 Å². The number of ether oxygens (including phenoxy) is 8. The Hall–Kier alpha value is -8.08. The Balaban J connectivity index is 0.000000256. The van der Waals surface area contributed by atoms with Gasteiger partial charge in [-0.1, -0.05) is 0 Å². The van der Waals surface area contributed by atoms with Gasteiger partial charge in [-0.25, -0.2) is 15.2 Å². The molecule has 0 fully saturated rings. The summed E-state index contributed by atoms with van der Waals surface area (Å²) in [6.45, 7) is 19.5. The fourth-order valence-corrected chi connectivity index (χ4v) is 7.17. The van der Waals surface area contributed by atoms with Crippen LogP contribution in [0.25, 0.3) is 0 Å². The molecule has 2 aliphatic rings. The number of hydrogen-bond donors (Lipinski definition) is 4. The summed E-state index contributed by atoms with van der Waals surface area (Å²) >= 11 is 0. The van der Waals surface area contributed by atoms with Gasteiger partial charge in [0, 0.05) is 51.1 Å². The number of rotatable bonds is 11. The number of hydrazine groups is 2. The van der Waals surface area contributed by atoms with Gasteiger partial charge in [0.25, 0.3) is 17.7 Å². The fourth-order valence-electron chi connectivity index (χ4n) is 7.17. The van der Waals surface area contributed by atoms with Gasteiger partial charge in [0.2, 0.25) is 11.5 Å². The number of benzene rings is 4. The van der Waals surface area contributed by atoms with Crippen molar-refractivity contribution >= 4 is 35.1 Å². The lowest BCUT2D eigenvalue weighted by molar-refractivity contribution is -0.386. The van der Waals surface area contributed by atoms with E-state index < -0.39 is 50.1 Å². The summed E-state index contributed by atoms with van der Waals surface area (Å²) in [7, 11) is 5.24. The van der Waals surface area contributed by atoms with Crippen molar-refractivity contribution in [1.82, 2.24) is 21.3 Å². The molecule has 71 heavy (non-hydrogen) atoms. The van der Waals surface area contributed by atoms with Gasteiger partial charge in [-0.05, 0) is 93.5 Å². The Morgan fingerprint density at radius 1 is 0.606 bits per heavy atom. The van der Waals surface area contributed by atoms with E-state index in [1.165, 1.54) is 34.5 Å². The average molecular weight is 993 g/mol. The average Bonchev–Trinajstić information content (AvgIpc) is 3.31. The quantitative estimate of drug-likeness (QED) is 0.0868. The second kappa shape index (κ2) is 23.0. The number of aromatic carboxylic acids is 1. The molecule has 23 heteroatoms. The lowest BCUT2D eigenvalue weighted by atomic mass is 10.0. The summed E-state index contributed by atoms with van der Waals surface area (Å²) in [4.78, 5) is 71.4. The Labute approximate surface area is 409 Å². The van der Waals surface area contributed by atoms with Crippen LogP contribution >= 0.6 is 0 Å². The summed E-state index contributed by atoms with van der Waals surface area (Å²) in [6.07, 6.45) is 0. The highest BCUT2D eigenvalue weighted by atomic mass is 16.6. The Kier molecular flexibility index (Phi) is 18.0. The topological polar surface area (TPSA) is 288 Å². The number of carboxylic acid groups (broad SMARTS) is 1. The first-order valence-corrected chi connectivity index (χ1v) is 21.8. The summed E-state index contributed by atoms with van der Waals surface area (Å²) in [5.41, 5.74) is 8.25. The van der Waals surface area contributed by atoms with Crippen molar-refractivity contribution in [2.75, 3.05) is 54.9 Å². The molecule has 4 aromatic rings. The molecule has 0 aliphatic carbocycles. The highest BCUT2D eigenvalue weighted by molar-refractivity contribution is 6.03. The van der Waals surface area contributed by atoms with Crippen LogP contribution in [0, 0.1) is 47.9 Å². The molecule has 4 aromatic carbocycles. The molecule has 0 unspecified atom stereocenters. The van der Waals surface area contributed by atoms with Crippen molar-refractivity contribution < 1.29 is 72.0 Å². The van der Waals surface area contributed by atoms with Crippen LogP contribution in [-0.4, -0.2) is 110 Å². The van der Waals surface area contributed by atoms with Crippen LogP contribution in [0.4, 0.5) is 11.4 Å². The molecule has 3 amide bonds. The van der Waals surface area contributed by atoms with E-state index in [4.69, 9.17) is 43.0 Å². The second-order valence-electron chi connectivity index (χ2n) is 17.7. The van der Waals surface area contributed by atoms with Crippen molar-refractivity contribution in [3.05, 3.63) is 101 Å². The highest BCUT2D eigenvalue weighted by Gasteiger charge is 2.38. The standard InChI is InChI=1S/C24H29N3O8.C14H20N2O3.C10H11NO6/c1-13-15(8-9-17-20(13)35-11-10-34-17)22(28)25-26(24(3,4)5)23(29)16-12-18(32-6)14(2)21(33-7)19(16)27(30)31;1-9-10(13(17)15-16-14(2,3)4)5-6-11-12(9)19-8-7-18-11;1-5-7(16-2)4-6(10(12)13)8(11(14)15)9(5)17-3/h8-9,12H,10-11H2,1-7H3,(H,25,28);5-6,16H,7-8H2,1-4H3,(H,15,17);4H,1-3H3,(H,12,13). The van der Waals surface area contributed by atoms with Gasteiger partial charge in [0.05, 0.1) is 43.8 Å². The number of carbonyl (C=O) groups excluding carboxylic acids is 3. The smallest absolute Gasteiger partial charge is 0.343 e. The molecule has 0 bridgehead atoms. The molecule has 0 aromatic heterocycles. The van der Waals surface area contributed by atoms with Gasteiger partial charge in [-0.3, -0.25) is 45.5 Å². The number of nitro benzene ring substituents is 2. The van der Waals surface area contributed by atoms with E-state index in [2.05, 4.69) is 16.3 Å². The molecular weight excluding hydrogens is 933 g/mol. The maximum absolute atomic E-state index is 13.7. The lowest BCUT2D eigenvalue weighted by Crippen LogP contribution is -2.56. The predicted octanol–water partition coefficient (Wildman–Crippen LogP) is 7.00. The molecule has 384 valence electrons. The van der Waals surface area contributed by atoms with Gasteiger partial charge in [0.15, 0.2) is 23.0 Å². The molecular formula is C48H60N6O17. The molecule has 2 heterocycles. The van der Waals surface area contributed by atoms with Gasteiger partial charge >= 0.3 is 17.3 Å². The summed E-state index contributed by atoms with van der Waals surface area (Å²) < 4.78 is 42.6. The number of amides is 3. The fraction of sp³-hybridized carbons (Fsp3) is 0.417. The predicted molar refractivity (Wildman–Crippen MR) is 257 cm³/mol. The number of carboxylic acids is 1. The number of carbonyl (C=O) groups is 4. The molecule has 0 spiro atoms. The number of nitrogens with zero attached hydrogens (tertiary/aromatic N) is 3. The third-order valence-corrected chi connectivity index (χ3v) is 10.6. The van der Waals surface area contributed by atoms with Gasteiger partial charge in [-0.2, -0.15) is 0 Å². The Morgan fingerprint density at radius 3 is 1.39 bits per heavy atom. The molecule has 6 rings (SSSR count). The van der Waals surface area contributed by atoms with E-state index in [1.54, 1.807) is 65.8 Å². The maximum atomic E-state index is 13.7. The van der Waals surface area contributed by atoms with E-state index in [0.29, 0.717) is 71.7 Å². The molecule has 0 saturated carbocycles. The van der Waals surface area contributed by atoms with Gasteiger partial charge < -0.3 is 43.0 Å². The van der Waals surface area contributed by atoms with Crippen LogP contribution < -0.4 is 54.2 Å². The van der Waals surface area contributed by atoms with Crippen LogP contribution in [0.2, 0.25) is 0 Å².